The average molecular weight is 238 g/mol. The molecule has 0 atom stereocenters. The maximum Gasteiger partial charge on any atom is 0.165 e. The van der Waals surface area contributed by atoms with E-state index < -0.39 is 5.82 Å². The second-order valence-electron chi connectivity index (χ2n) is 3.15. The molecule has 16 heavy (non-hydrogen) atoms. The molecule has 2 aromatic rings. The van der Waals surface area contributed by atoms with Crippen LogP contribution >= 0.6 is 11.6 Å². The number of alkyl halides is 1. The molecule has 0 fully saturated rings. The number of benzene rings is 1. The lowest BCUT2D eigenvalue weighted by Gasteiger charge is -2.06. The normalized spacial score (nSPS) is 10.1. The molecule has 0 aliphatic carbocycles. The first-order chi connectivity index (χ1) is 7.79. The second kappa shape index (κ2) is 4.94. The van der Waals surface area contributed by atoms with E-state index in [0.29, 0.717) is 17.3 Å². The summed E-state index contributed by atoms with van der Waals surface area (Å²) in [6.07, 6.45) is 1.58. The number of aromatic nitrogens is 1. The largest absolute Gasteiger partial charge is 0.454 e. The van der Waals surface area contributed by atoms with Crippen molar-refractivity contribution in [3.05, 3.63) is 54.1 Å². The van der Waals surface area contributed by atoms with Crippen molar-refractivity contribution >= 4 is 11.6 Å². The molecule has 0 radical (unpaired) electrons. The van der Waals surface area contributed by atoms with Gasteiger partial charge in [-0.3, -0.25) is 4.98 Å². The van der Waals surface area contributed by atoms with Crippen LogP contribution < -0.4 is 4.74 Å². The Morgan fingerprint density at radius 2 is 2.06 bits per heavy atom. The predicted octanol–water partition coefficient (Wildman–Crippen LogP) is 3.75. The van der Waals surface area contributed by atoms with Crippen LogP contribution in [0.25, 0.3) is 0 Å². The Bertz CT molecular complexity index is 490. The summed E-state index contributed by atoms with van der Waals surface area (Å²) in [5.41, 5.74) is 0.690. The van der Waals surface area contributed by atoms with E-state index in [2.05, 4.69) is 4.98 Å². The van der Waals surface area contributed by atoms with E-state index in [4.69, 9.17) is 16.3 Å². The molecule has 1 heterocycles. The van der Waals surface area contributed by atoms with Crippen LogP contribution in [0.4, 0.5) is 4.39 Å². The van der Waals surface area contributed by atoms with Crippen molar-refractivity contribution in [1.82, 2.24) is 4.98 Å². The summed E-state index contributed by atoms with van der Waals surface area (Å²) in [7, 11) is 0. The topological polar surface area (TPSA) is 22.1 Å². The molecule has 0 saturated carbocycles. The highest BCUT2D eigenvalue weighted by Gasteiger charge is 2.03. The van der Waals surface area contributed by atoms with Crippen LogP contribution in [0.1, 0.15) is 5.69 Å². The number of hydrogen-bond acceptors (Lipinski definition) is 2. The van der Waals surface area contributed by atoms with Gasteiger partial charge < -0.3 is 4.74 Å². The maximum absolute atomic E-state index is 13.3. The molecule has 0 unspecified atom stereocenters. The summed E-state index contributed by atoms with van der Waals surface area (Å²) in [5, 5.41) is 0. The Morgan fingerprint density at radius 1 is 1.25 bits per heavy atom. The van der Waals surface area contributed by atoms with E-state index >= 15 is 0 Å². The van der Waals surface area contributed by atoms with E-state index in [1.54, 1.807) is 36.5 Å². The molecule has 0 amide bonds. The minimum absolute atomic E-state index is 0.189. The summed E-state index contributed by atoms with van der Waals surface area (Å²) < 4.78 is 18.7. The van der Waals surface area contributed by atoms with Gasteiger partial charge in [-0.15, -0.1) is 11.6 Å². The zero-order valence-electron chi connectivity index (χ0n) is 8.36. The van der Waals surface area contributed by atoms with E-state index in [1.165, 1.54) is 6.07 Å². The van der Waals surface area contributed by atoms with Crippen molar-refractivity contribution in [1.29, 1.82) is 0 Å². The minimum atomic E-state index is -0.397. The molecular weight excluding hydrogens is 229 g/mol. The van der Waals surface area contributed by atoms with Crippen molar-refractivity contribution in [3.8, 4) is 11.5 Å². The van der Waals surface area contributed by atoms with E-state index in [0.717, 1.165) is 0 Å². The van der Waals surface area contributed by atoms with Crippen LogP contribution in [0.3, 0.4) is 0 Å². The van der Waals surface area contributed by atoms with Gasteiger partial charge in [-0.2, -0.15) is 0 Å². The van der Waals surface area contributed by atoms with E-state index in [-0.39, 0.29) is 5.75 Å². The molecular formula is C12H9ClFNO. The Balaban J connectivity index is 2.24. The molecule has 2 nitrogen and oxygen atoms in total. The molecule has 0 aliphatic heterocycles. The lowest BCUT2D eigenvalue weighted by atomic mass is 10.3. The smallest absolute Gasteiger partial charge is 0.165 e. The van der Waals surface area contributed by atoms with Crippen LogP contribution in [0, 0.1) is 5.82 Å². The monoisotopic (exact) mass is 237 g/mol. The Morgan fingerprint density at radius 3 is 2.81 bits per heavy atom. The van der Waals surface area contributed by atoms with E-state index in [1.807, 2.05) is 0 Å². The zero-order valence-corrected chi connectivity index (χ0v) is 9.12. The number of ether oxygens (including phenoxy) is 1. The number of para-hydroxylation sites is 1. The molecule has 82 valence electrons. The van der Waals surface area contributed by atoms with Gasteiger partial charge in [0.15, 0.2) is 11.6 Å². The molecule has 2 rings (SSSR count). The summed E-state index contributed by atoms with van der Waals surface area (Å²) in [5.74, 6) is 0.616. The minimum Gasteiger partial charge on any atom is -0.454 e. The van der Waals surface area contributed by atoms with Crippen molar-refractivity contribution in [2.24, 2.45) is 0 Å². The first kappa shape index (κ1) is 10.9. The lowest BCUT2D eigenvalue weighted by Crippen LogP contribution is -1.90. The first-order valence-electron chi connectivity index (χ1n) is 4.73. The number of hydrogen-bond donors (Lipinski definition) is 0. The molecule has 0 N–H and O–H groups in total. The van der Waals surface area contributed by atoms with Crippen molar-refractivity contribution in [2.75, 3.05) is 0 Å². The predicted molar refractivity (Wildman–Crippen MR) is 60.3 cm³/mol. The van der Waals surface area contributed by atoms with Gasteiger partial charge in [-0.25, -0.2) is 4.39 Å². The third-order valence-electron chi connectivity index (χ3n) is 1.99. The Hall–Kier alpha value is -1.61. The van der Waals surface area contributed by atoms with Gasteiger partial charge in [0.05, 0.1) is 11.6 Å². The molecule has 0 bridgehead atoms. The van der Waals surface area contributed by atoms with Crippen molar-refractivity contribution < 1.29 is 9.13 Å². The van der Waals surface area contributed by atoms with Crippen LogP contribution in [0.15, 0.2) is 42.6 Å². The number of nitrogens with zero attached hydrogens (tertiary/aromatic N) is 1. The highest BCUT2D eigenvalue weighted by atomic mass is 35.5. The lowest BCUT2D eigenvalue weighted by molar-refractivity contribution is 0.441. The summed E-state index contributed by atoms with van der Waals surface area (Å²) in [6.45, 7) is 0. The third kappa shape index (κ3) is 2.49. The van der Waals surface area contributed by atoms with E-state index in [9.17, 15) is 4.39 Å². The van der Waals surface area contributed by atoms with Crippen molar-refractivity contribution in [2.45, 2.75) is 5.88 Å². The van der Waals surface area contributed by atoms with Gasteiger partial charge in [-0.1, -0.05) is 12.1 Å². The fourth-order valence-corrected chi connectivity index (χ4v) is 1.39. The summed E-state index contributed by atoms with van der Waals surface area (Å²) >= 11 is 5.64. The first-order valence-corrected chi connectivity index (χ1v) is 5.26. The summed E-state index contributed by atoms with van der Waals surface area (Å²) in [6, 6.07) is 9.57. The third-order valence-corrected chi connectivity index (χ3v) is 2.26. The van der Waals surface area contributed by atoms with Gasteiger partial charge in [0.2, 0.25) is 0 Å². The molecule has 1 aromatic carbocycles. The van der Waals surface area contributed by atoms with Crippen LogP contribution in [0.2, 0.25) is 0 Å². The zero-order chi connectivity index (χ0) is 11.4. The Labute approximate surface area is 97.7 Å². The standard InChI is InChI=1S/C12H9ClFNO/c13-8-9-7-10(5-6-15-9)16-12-4-2-1-3-11(12)14/h1-7H,8H2. The summed E-state index contributed by atoms with van der Waals surface area (Å²) in [4.78, 5) is 4.02. The average Bonchev–Trinajstić information content (AvgIpc) is 2.32. The molecule has 1 aromatic heterocycles. The number of halogens is 2. The van der Waals surface area contributed by atoms with Gasteiger partial charge in [0.1, 0.15) is 5.75 Å². The van der Waals surface area contributed by atoms with Crippen molar-refractivity contribution in [3.63, 3.8) is 0 Å². The van der Waals surface area contributed by atoms with Gasteiger partial charge in [-0.05, 0) is 18.2 Å². The quantitative estimate of drug-likeness (QED) is 0.759. The van der Waals surface area contributed by atoms with Crippen LogP contribution in [-0.2, 0) is 5.88 Å². The molecule has 0 aliphatic rings. The number of pyridine rings is 1. The second-order valence-corrected chi connectivity index (χ2v) is 3.42. The fourth-order valence-electron chi connectivity index (χ4n) is 1.25. The van der Waals surface area contributed by atoms with Gasteiger partial charge in [0.25, 0.3) is 0 Å². The molecule has 0 saturated heterocycles. The fraction of sp³-hybridized carbons (Fsp3) is 0.0833. The highest BCUT2D eigenvalue weighted by Crippen LogP contribution is 2.24. The van der Waals surface area contributed by atoms with Crippen LogP contribution in [-0.4, -0.2) is 4.98 Å². The maximum atomic E-state index is 13.3. The highest BCUT2D eigenvalue weighted by molar-refractivity contribution is 6.16. The molecule has 0 spiro atoms. The van der Waals surface area contributed by atoms with Gasteiger partial charge in [0, 0.05) is 12.3 Å². The Kier molecular flexibility index (Phi) is 3.37. The number of rotatable bonds is 3. The SMILES string of the molecule is Fc1ccccc1Oc1ccnc(CCl)c1. The van der Waals surface area contributed by atoms with Crippen LogP contribution in [0.5, 0.6) is 11.5 Å². The molecule has 4 heteroatoms. The van der Waals surface area contributed by atoms with Gasteiger partial charge >= 0.3 is 0 Å².